The lowest BCUT2D eigenvalue weighted by Gasteiger charge is -2.16. The lowest BCUT2D eigenvalue weighted by atomic mass is 10.1. The maximum atomic E-state index is 5.84. The number of hydrogen-bond donors (Lipinski definition) is 0. The molecule has 0 spiro atoms. The summed E-state index contributed by atoms with van der Waals surface area (Å²) < 4.78 is 5.84. The van der Waals surface area contributed by atoms with E-state index in [0.717, 1.165) is 19.4 Å². The van der Waals surface area contributed by atoms with Crippen LogP contribution in [0.2, 0.25) is 19.6 Å². The largest absolute Gasteiger partial charge is 0.418 e. The van der Waals surface area contributed by atoms with Crippen molar-refractivity contribution in [1.82, 2.24) is 0 Å². The molecule has 1 nitrogen and oxygen atoms in total. The summed E-state index contributed by atoms with van der Waals surface area (Å²) in [5.74, 6) is 0. The SMILES string of the molecule is CCC=CCC=CCCCCCCCO[Si](C)(C)C. The van der Waals surface area contributed by atoms with E-state index in [0.29, 0.717) is 0 Å². The fourth-order valence-electron chi connectivity index (χ4n) is 1.83. The molecule has 0 saturated heterocycles. The second-order valence-electron chi connectivity index (χ2n) is 6.10. The molecule has 0 N–H and O–H groups in total. The van der Waals surface area contributed by atoms with E-state index in [1.54, 1.807) is 0 Å². The molecule has 2 heteroatoms. The molecule has 0 rings (SSSR count). The van der Waals surface area contributed by atoms with Crippen molar-refractivity contribution in [2.45, 2.75) is 77.9 Å². The highest BCUT2D eigenvalue weighted by Gasteiger charge is 2.12. The van der Waals surface area contributed by atoms with Crippen LogP contribution in [-0.4, -0.2) is 14.9 Å². The van der Waals surface area contributed by atoms with Gasteiger partial charge in [0.05, 0.1) is 0 Å². The molecule has 19 heavy (non-hydrogen) atoms. The third-order valence-electron chi connectivity index (χ3n) is 2.89. The standard InChI is InChI=1S/C17H34OSi/c1-5-6-7-8-9-10-11-12-13-14-15-16-17-18-19(2,3)4/h6-7,9-10H,5,8,11-17H2,1-4H3. The van der Waals surface area contributed by atoms with Gasteiger partial charge in [0.1, 0.15) is 0 Å². The minimum Gasteiger partial charge on any atom is -0.418 e. The summed E-state index contributed by atoms with van der Waals surface area (Å²) in [4.78, 5) is 0. The Morgan fingerprint density at radius 1 is 0.789 bits per heavy atom. The van der Waals surface area contributed by atoms with E-state index in [1.165, 1.54) is 38.5 Å². The quantitative estimate of drug-likeness (QED) is 0.239. The lowest BCUT2D eigenvalue weighted by Crippen LogP contribution is -2.25. The Bertz CT molecular complexity index is 238. The molecule has 0 aliphatic heterocycles. The molecule has 0 heterocycles. The van der Waals surface area contributed by atoms with Crippen molar-refractivity contribution in [2.75, 3.05) is 6.61 Å². The number of allylic oxidation sites excluding steroid dienone is 4. The molecule has 0 fully saturated rings. The second-order valence-corrected chi connectivity index (χ2v) is 10.6. The summed E-state index contributed by atoms with van der Waals surface area (Å²) in [6.07, 6.45) is 19.2. The second kappa shape index (κ2) is 12.7. The van der Waals surface area contributed by atoms with Crippen LogP contribution in [0.4, 0.5) is 0 Å². The van der Waals surface area contributed by atoms with Gasteiger partial charge in [-0.3, -0.25) is 0 Å². The highest BCUT2D eigenvalue weighted by molar-refractivity contribution is 6.69. The molecule has 0 atom stereocenters. The van der Waals surface area contributed by atoms with Crippen molar-refractivity contribution in [3.63, 3.8) is 0 Å². The molecule has 0 saturated carbocycles. The third-order valence-corrected chi connectivity index (χ3v) is 3.96. The van der Waals surface area contributed by atoms with Gasteiger partial charge >= 0.3 is 0 Å². The Hall–Kier alpha value is -0.343. The predicted molar refractivity (Wildman–Crippen MR) is 90.2 cm³/mol. The zero-order chi connectivity index (χ0) is 14.4. The van der Waals surface area contributed by atoms with Crippen molar-refractivity contribution in [3.05, 3.63) is 24.3 Å². The van der Waals surface area contributed by atoms with Crippen LogP contribution in [0.5, 0.6) is 0 Å². The van der Waals surface area contributed by atoms with Gasteiger partial charge in [-0.15, -0.1) is 0 Å². The summed E-state index contributed by atoms with van der Waals surface area (Å²) in [5, 5.41) is 0. The minimum atomic E-state index is -1.27. The average Bonchev–Trinajstić information content (AvgIpc) is 2.34. The highest BCUT2D eigenvalue weighted by atomic mass is 28.4. The van der Waals surface area contributed by atoms with Crippen LogP contribution in [0.25, 0.3) is 0 Å². The summed E-state index contributed by atoms with van der Waals surface area (Å²) in [6, 6.07) is 0. The van der Waals surface area contributed by atoms with Crippen molar-refractivity contribution < 1.29 is 4.43 Å². The number of rotatable bonds is 12. The van der Waals surface area contributed by atoms with E-state index in [4.69, 9.17) is 4.43 Å². The Morgan fingerprint density at radius 3 is 2.11 bits per heavy atom. The molecule has 0 radical (unpaired) electrons. The van der Waals surface area contributed by atoms with Crippen LogP contribution >= 0.6 is 0 Å². The van der Waals surface area contributed by atoms with E-state index < -0.39 is 8.32 Å². The summed E-state index contributed by atoms with van der Waals surface area (Å²) in [7, 11) is -1.27. The summed E-state index contributed by atoms with van der Waals surface area (Å²) >= 11 is 0. The van der Waals surface area contributed by atoms with Crippen LogP contribution in [0, 0.1) is 0 Å². The fraction of sp³-hybridized carbons (Fsp3) is 0.765. The maximum Gasteiger partial charge on any atom is 0.183 e. The molecule has 0 aromatic rings. The topological polar surface area (TPSA) is 9.23 Å². The first kappa shape index (κ1) is 18.7. The Morgan fingerprint density at radius 2 is 1.42 bits per heavy atom. The molecule has 0 aliphatic rings. The van der Waals surface area contributed by atoms with Gasteiger partial charge < -0.3 is 4.43 Å². The van der Waals surface area contributed by atoms with E-state index in [1.807, 2.05) is 0 Å². The van der Waals surface area contributed by atoms with E-state index >= 15 is 0 Å². The van der Waals surface area contributed by atoms with Crippen LogP contribution in [0.15, 0.2) is 24.3 Å². The van der Waals surface area contributed by atoms with Crippen molar-refractivity contribution in [3.8, 4) is 0 Å². The van der Waals surface area contributed by atoms with Gasteiger partial charge in [-0.25, -0.2) is 0 Å². The van der Waals surface area contributed by atoms with E-state index in [2.05, 4.69) is 50.9 Å². The molecule has 0 amide bonds. The molecule has 0 aromatic heterocycles. The monoisotopic (exact) mass is 282 g/mol. The average molecular weight is 283 g/mol. The van der Waals surface area contributed by atoms with E-state index in [-0.39, 0.29) is 0 Å². The van der Waals surface area contributed by atoms with Gasteiger partial charge in [-0.1, -0.05) is 50.5 Å². The highest BCUT2D eigenvalue weighted by Crippen LogP contribution is 2.08. The van der Waals surface area contributed by atoms with Gasteiger partial charge in [0.2, 0.25) is 0 Å². The van der Waals surface area contributed by atoms with Crippen LogP contribution < -0.4 is 0 Å². The first-order chi connectivity index (χ1) is 9.06. The predicted octanol–water partition coefficient (Wildman–Crippen LogP) is 6.09. The molecule has 112 valence electrons. The Kier molecular flexibility index (Phi) is 12.4. The normalized spacial score (nSPS) is 12.8. The first-order valence-corrected chi connectivity index (χ1v) is 11.4. The molecule has 0 unspecified atom stereocenters. The maximum absolute atomic E-state index is 5.84. The minimum absolute atomic E-state index is 0.972. The van der Waals surface area contributed by atoms with Crippen molar-refractivity contribution in [1.29, 1.82) is 0 Å². The first-order valence-electron chi connectivity index (χ1n) is 8.00. The van der Waals surface area contributed by atoms with Gasteiger partial charge in [-0.05, 0) is 51.7 Å². The third kappa shape index (κ3) is 17.7. The number of hydrogen-bond acceptors (Lipinski definition) is 1. The van der Waals surface area contributed by atoms with Crippen LogP contribution in [0.3, 0.4) is 0 Å². The molecule has 0 aliphatic carbocycles. The molecular formula is C17H34OSi. The molecule has 0 bridgehead atoms. The molecular weight excluding hydrogens is 248 g/mol. The van der Waals surface area contributed by atoms with Gasteiger partial charge in [0, 0.05) is 6.61 Å². The Labute approximate surface area is 122 Å². The van der Waals surface area contributed by atoms with E-state index in [9.17, 15) is 0 Å². The van der Waals surface area contributed by atoms with Crippen molar-refractivity contribution in [2.24, 2.45) is 0 Å². The molecule has 0 aromatic carbocycles. The van der Waals surface area contributed by atoms with Crippen LogP contribution in [-0.2, 0) is 4.43 Å². The summed E-state index contributed by atoms with van der Waals surface area (Å²) in [6.45, 7) is 9.92. The Balaban J connectivity index is 3.17. The van der Waals surface area contributed by atoms with Gasteiger partial charge in [0.15, 0.2) is 8.32 Å². The summed E-state index contributed by atoms with van der Waals surface area (Å²) in [5.41, 5.74) is 0. The van der Waals surface area contributed by atoms with Crippen molar-refractivity contribution >= 4 is 8.32 Å². The van der Waals surface area contributed by atoms with Gasteiger partial charge in [-0.2, -0.15) is 0 Å². The fourth-order valence-corrected chi connectivity index (χ4v) is 2.59. The van der Waals surface area contributed by atoms with Gasteiger partial charge in [0.25, 0.3) is 0 Å². The lowest BCUT2D eigenvalue weighted by molar-refractivity contribution is 0.298. The zero-order valence-corrected chi connectivity index (χ0v) is 14.6. The van der Waals surface area contributed by atoms with Crippen LogP contribution in [0.1, 0.15) is 58.3 Å². The smallest absolute Gasteiger partial charge is 0.183 e. The number of unbranched alkanes of at least 4 members (excludes halogenated alkanes) is 5. The zero-order valence-electron chi connectivity index (χ0n) is 13.6.